The first kappa shape index (κ1) is 15.1. The molecule has 0 amide bonds. The predicted octanol–water partition coefficient (Wildman–Crippen LogP) is 0.943. The van der Waals surface area contributed by atoms with E-state index < -0.39 is 0 Å². The number of likely N-dealkylation sites (tertiary alicyclic amines) is 1. The SMILES string of the molecule is CN1CCC(NCc2cn(-c3ccc(CO)cc3)nn2)CC1. The third-order valence-corrected chi connectivity index (χ3v) is 4.21. The second-order valence-electron chi connectivity index (χ2n) is 5.94. The number of aromatic nitrogens is 3. The first-order chi connectivity index (χ1) is 10.7. The maximum Gasteiger partial charge on any atom is 0.0969 e. The van der Waals surface area contributed by atoms with Gasteiger partial charge in [-0.3, -0.25) is 0 Å². The molecule has 0 saturated carbocycles. The minimum atomic E-state index is 0.0589. The van der Waals surface area contributed by atoms with Gasteiger partial charge in [-0.2, -0.15) is 0 Å². The van der Waals surface area contributed by atoms with Gasteiger partial charge in [0.1, 0.15) is 0 Å². The Kier molecular flexibility index (Phi) is 4.82. The molecule has 1 aliphatic heterocycles. The minimum absolute atomic E-state index is 0.0589. The number of nitrogens with one attached hydrogen (secondary N) is 1. The molecule has 2 N–H and O–H groups in total. The summed E-state index contributed by atoms with van der Waals surface area (Å²) in [5.74, 6) is 0. The van der Waals surface area contributed by atoms with Gasteiger partial charge in [-0.1, -0.05) is 17.3 Å². The number of piperidine rings is 1. The zero-order chi connectivity index (χ0) is 15.4. The van der Waals surface area contributed by atoms with Crippen molar-refractivity contribution in [1.82, 2.24) is 25.2 Å². The lowest BCUT2D eigenvalue weighted by Crippen LogP contribution is -2.40. The van der Waals surface area contributed by atoms with Gasteiger partial charge in [-0.25, -0.2) is 4.68 Å². The summed E-state index contributed by atoms with van der Waals surface area (Å²) in [6, 6.07) is 8.24. The molecular formula is C16H23N5O. The summed E-state index contributed by atoms with van der Waals surface area (Å²) in [6.45, 7) is 3.12. The van der Waals surface area contributed by atoms with E-state index in [4.69, 9.17) is 5.11 Å². The Hall–Kier alpha value is -1.76. The lowest BCUT2D eigenvalue weighted by atomic mass is 10.1. The molecular weight excluding hydrogens is 278 g/mol. The van der Waals surface area contributed by atoms with Crippen LogP contribution in [0.4, 0.5) is 0 Å². The van der Waals surface area contributed by atoms with Crippen molar-refractivity contribution in [3.8, 4) is 5.69 Å². The van der Waals surface area contributed by atoms with E-state index in [1.54, 1.807) is 4.68 Å². The van der Waals surface area contributed by atoms with Crippen LogP contribution in [0.5, 0.6) is 0 Å². The van der Waals surface area contributed by atoms with Crippen molar-refractivity contribution in [2.24, 2.45) is 0 Å². The van der Waals surface area contributed by atoms with E-state index in [1.807, 2.05) is 30.5 Å². The van der Waals surface area contributed by atoms with E-state index in [9.17, 15) is 0 Å². The van der Waals surface area contributed by atoms with Crippen LogP contribution in [0.15, 0.2) is 30.5 Å². The van der Waals surface area contributed by atoms with Gasteiger partial charge in [-0.15, -0.1) is 5.10 Å². The Balaban J connectivity index is 1.56. The minimum Gasteiger partial charge on any atom is -0.392 e. The third kappa shape index (κ3) is 3.71. The van der Waals surface area contributed by atoms with Crippen molar-refractivity contribution in [3.63, 3.8) is 0 Å². The Labute approximate surface area is 130 Å². The summed E-state index contributed by atoms with van der Waals surface area (Å²) in [6.07, 6.45) is 4.33. The van der Waals surface area contributed by atoms with Gasteiger partial charge < -0.3 is 15.3 Å². The molecule has 0 aliphatic carbocycles. The van der Waals surface area contributed by atoms with E-state index in [2.05, 4.69) is 27.6 Å². The fourth-order valence-electron chi connectivity index (χ4n) is 2.72. The molecule has 3 rings (SSSR count). The molecule has 118 valence electrons. The van der Waals surface area contributed by atoms with Gasteiger partial charge in [0.05, 0.1) is 24.2 Å². The number of nitrogens with zero attached hydrogens (tertiary/aromatic N) is 4. The highest BCUT2D eigenvalue weighted by Crippen LogP contribution is 2.11. The predicted molar refractivity (Wildman–Crippen MR) is 84.6 cm³/mol. The average molecular weight is 301 g/mol. The summed E-state index contributed by atoms with van der Waals surface area (Å²) in [4.78, 5) is 2.37. The highest BCUT2D eigenvalue weighted by atomic mass is 16.3. The van der Waals surface area contributed by atoms with Gasteiger partial charge in [0.15, 0.2) is 0 Å². The number of aliphatic hydroxyl groups is 1. The monoisotopic (exact) mass is 301 g/mol. The maximum absolute atomic E-state index is 9.07. The number of hydrogen-bond acceptors (Lipinski definition) is 5. The van der Waals surface area contributed by atoms with E-state index >= 15 is 0 Å². The molecule has 6 nitrogen and oxygen atoms in total. The highest BCUT2D eigenvalue weighted by molar-refractivity contribution is 5.33. The summed E-state index contributed by atoms with van der Waals surface area (Å²) >= 11 is 0. The molecule has 2 aromatic rings. The molecule has 22 heavy (non-hydrogen) atoms. The molecule has 6 heteroatoms. The molecule has 0 spiro atoms. The van der Waals surface area contributed by atoms with Crippen LogP contribution in [0.3, 0.4) is 0 Å². The zero-order valence-electron chi connectivity index (χ0n) is 12.9. The lowest BCUT2D eigenvalue weighted by molar-refractivity contribution is 0.233. The first-order valence-corrected chi connectivity index (χ1v) is 7.78. The quantitative estimate of drug-likeness (QED) is 0.860. The van der Waals surface area contributed by atoms with Crippen LogP contribution in [0, 0.1) is 0 Å². The molecule has 0 radical (unpaired) electrons. The molecule has 0 unspecified atom stereocenters. The first-order valence-electron chi connectivity index (χ1n) is 7.78. The van der Waals surface area contributed by atoms with E-state index in [0.29, 0.717) is 6.04 Å². The standard InChI is InChI=1S/C16H23N5O/c1-20-8-6-14(7-9-20)17-10-15-11-21(19-18-15)16-4-2-13(12-22)3-5-16/h2-5,11,14,17,22H,6-10,12H2,1H3. The number of benzene rings is 1. The second kappa shape index (κ2) is 7.00. The Morgan fingerprint density at radius 3 is 2.64 bits per heavy atom. The molecule has 1 saturated heterocycles. The summed E-state index contributed by atoms with van der Waals surface area (Å²) in [7, 11) is 2.17. The van der Waals surface area contributed by atoms with Crippen molar-refractivity contribution in [1.29, 1.82) is 0 Å². The fourth-order valence-corrected chi connectivity index (χ4v) is 2.72. The average Bonchev–Trinajstić information content (AvgIpc) is 3.03. The topological polar surface area (TPSA) is 66.2 Å². The fraction of sp³-hybridized carbons (Fsp3) is 0.500. The summed E-state index contributed by atoms with van der Waals surface area (Å²) in [5.41, 5.74) is 2.80. The van der Waals surface area contributed by atoms with Crippen LogP contribution < -0.4 is 5.32 Å². The van der Waals surface area contributed by atoms with Gasteiger partial charge in [-0.05, 0) is 50.7 Å². The number of aliphatic hydroxyl groups excluding tert-OH is 1. The van der Waals surface area contributed by atoms with Crippen LogP contribution >= 0.6 is 0 Å². The second-order valence-corrected chi connectivity index (χ2v) is 5.94. The van der Waals surface area contributed by atoms with Gasteiger partial charge in [0.2, 0.25) is 0 Å². The lowest BCUT2D eigenvalue weighted by Gasteiger charge is -2.29. The molecule has 0 atom stereocenters. The third-order valence-electron chi connectivity index (χ3n) is 4.21. The van der Waals surface area contributed by atoms with Gasteiger partial charge >= 0.3 is 0 Å². The molecule has 1 aliphatic rings. The van der Waals surface area contributed by atoms with Crippen LogP contribution in [0.2, 0.25) is 0 Å². The number of hydrogen-bond donors (Lipinski definition) is 2. The Morgan fingerprint density at radius 2 is 1.95 bits per heavy atom. The van der Waals surface area contributed by atoms with Crippen molar-refractivity contribution in [3.05, 3.63) is 41.7 Å². The summed E-state index contributed by atoms with van der Waals surface area (Å²) < 4.78 is 1.77. The Bertz CT molecular complexity index is 587. The van der Waals surface area contributed by atoms with E-state index in [1.165, 1.54) is 12.8 Å². The zero-order valence-corrected chi connectivity index (χ0v) is 12.9. The number of rotatable bonds is 5. The van der Waals surface area contributed by atoms with Crippen LogP contribution in [-0.4, -0.2) is 51.2 Å². The van der Waals surface area contributed by atoms with Crippen LogP contribution in [0.1, 0.15) is 24.1 Å². The van der Waals surface area contributed by atoms with Crippen molar-refractivity contribution < 1.29 is 5.11 Å². The van der Waals surface area contributed by atoms with Gasteiger partial charge in [0, 0.05) is 12.6 Å². The molecule has 0 bridgehead atoms. The highest BCUT2D eigenvalue weighted by Gasteiger charge is 2.16. The largest absolute Gasteiger partial charge is 0.392 e. The van der Waals surface area contributed by atoms with Crippen LogP contribution in [-0.2, 0) is 13.2 Å². The van der Waals surface area contributed by atoms with Gasteiger partial charge in [0.25, 0.3) is 0 Å². The smallest absolute Gasteiger partial charge is 0.0969 e. The molecule has 2 heterocycles. The normalized spacial score (nSPS) is 17.0. The van der Waals surface area contributed by atoms with Crippen LogP contribution in [0.25, 0.3) is 5.69 Å². The maximum atomic E-state index is 9.07. The molecule has 1 aromatic heterocycles. The molecule has 1 aromatic carbocycles. The van der Waals surface area contributed by atoms with E-state index in [-0.39, 0.29) is 6.61 Å². The van der Waals surface area contributed by atoms with Crippen molar-refractivity contribution in [2.75, 3.05) is 20.1 Å². The van der Waals surface area contributed by atoms with Crippen molar-refractivity contribution >= 4 is 0 Å². The van der Waals surface area contributed by atoms with Crippen molar-refractivity contribution in [2.45, 2.75) is 32.0 Å². The Morgan fingerprint density at radius 1 is 1.23 bits per heavy atom. The van der Waals surface area contributed by atoms with E-state index in [0.717, 1.165) is 36.6 Å². The summed E-state index contributed by atoms with van der Waals surface area (Å²) in [5, 5.41) is 21.0. The molecule has 1 fully saturated rings.